The second kappa shape index (κ2) is 11.4. The molecule has 128 valence electrons. The van der Waals surface area contributed by atoms with Crippen molar-refractivity contribution in [3.05, 3.63) is 0 Å². The Balaban J connectivity index is 4.74. The SMILES string of the molecule is CCCCCCCCC(CC)(CCC)C(OC)(OC)OC. The lowest BCUT2D eigenvalue weighted by Crippen LogP contribution is -2.52. The molecule has 0 aliphatic carbocycles. The zero-order valence-corrected chi connectivity index (χ0v) is 15.3. The fraction of sp³-hybridized carbons (Fsp3) is 1.00. The van der Waals surface area contributed by atoms with Crippen LogP contribution in [0.3, 0.4) is 0 Å². The average Bonchev–Trinajstić information content (AvgIpc) is 2.52. The van der Waals surface area contributed by atoms with Gasteiger partial charge >= 0.3 is 0 Å². The molecule has 0 aromatic rings. The van der Waals surface area contributed by atoms with E-state index in [1.165, 1.54) is 38.5 Å². The number of hydrogen-bond donors (Lipinski definition) is 0. The summed E-state index contributed by atoms with van der Waals surface area (Å²) in [6.45, 7) is 6.70. The molecule has 0 amide bonds. The van der Waals surface area contributed by atoms with Gasteiger partial charge in [0.05, 0.1) is 5.41 Å². The lowest BCUT2D eigenvalue weighted by Gasteiger charge is -2.47. The molecule has 0 aliphatic rings. The van der Waals surface area contributed by atoms with Crippen molar-refractivity contribution in [2.24, 2.45) is 5.41 Å². The molecule has 0 saturated heterocycles. The van der Waals surface area contributed by atoms with Gasteiger partial charge in [-0.05, 0) is 19.3 Å². The molecule has 0 saturated carbocycles. The summed E-state index contributed by atoms with van der Waals surface area (Å²) in [5.41, 5.74) is -0.0647. The average molecular weight is 302 g/mol. The van der Waals surface area contributed by atoms with Crippen LogP contribution in [0.25, 0.3) is 0 Å². The number of methoxy groups -OCH3 is 3. The highest BCUT2D eigenvalue weighted by Gasteiger charge is 2.51. The van der Waals surface area contributed by atoms with Gasteiger partial charge in [0.25, 0.3) is 5.97 Å². The Morgan fingerprint density at radius 3 is 1.57 bits per heavy atom. The van der Waals surface area contributed by atoms with Crippen molar-refractivity contribution in [2.45, 2.75) is 91.0 Å². The lowest BCUT2D eigenvalue weighted by molar-refractivity contribution is -0.410. The first-order valence-corrected chi connectivity index (χ1v) is 8.77. The first-order valence-electron chi connectivity index (χ1n) is 8.77. The summed E-state index contributed by atoms with van der Waals surface area (Å²) in [5.74, 6) is -0.915. The van der Waals surface area contributed by atoms with E-state index in [0.717, 1.165) is 25.7 Å². The Morgan fingerprint density at radius 2 is 1.14 bits per heavy atom. The summed E-state index contributed by atoms with van der Waals surface area (Å²) in [5, 5.41) is 0. The normalized spacial score (nSPS) is 15.1. The van der Waals surface area contributed by atoms with Gasteiger partial charge < -0.3 is 14.2 Å². The van der Waals surface area contributed by atoms with Crippen LogP contribution in [-0.2, 0) is 14.2 Å². The molecular weight excluding hydrogens is 264 g/mol. The maximum Gasteiger partial charge on any atom is 0.288 e. The predicted molar refractivity (Wildman–Crippen MR) is 89.4 cm³/mol. The first kappa shape index (κ1) is 20.9. The molecule has 0 aliphatic heterocycles. The van der Waals surface area contributed by atoms with Gasteiger partial charge in [-0.15, -0.1) is 0 Å². The van der Waals surface area contributed by atoms with Gasteiger partial charge in [-0.25, -0.2) is 0 Å². The molecule has 1 atom stereocenters. The topological polar surface area (TPSA) is 27.7 Å². The minimum atomic E-state index is -0.915. The molecule has 0 aromatic heterocycles. The smallest absolute Gasteiger partial charge is 0.288 e. The molecule has 1 unspecified atom stereocenters. The maximum atomic E-state index is 5.70. The van der Waals surface area contributed by atoms with Gasteiger partial charge in [0.1, 0.15) is 0 Å². The van der Waals surface area contributed by atoms with Crippen LogP contribution in [0, 0.1) is 5.41 Å². The Labute approximate surface area is 132 Å². The molecule has 0 N–H and O–H groups in total. The third-order valence-electron chi connectivity index (χ3n) is 4.87. The summed E-state index contributed by atoms with van der Waals surface area (Å²) in [6, 6.07) is 0. The van der Waals surface area contributed by atoms with Crippen molar-refractivity contribution in [3.63, 3.8) is 0 Å². The number of unbranched alkanes of at least 4 members (excludes halogenated alkanes) is 5. The molecular formula is C18H38O3. The molecule has 0 aromatic carbocycles. The fourth-order valence-electron chi connectivity index (χ4n) is 3.62. The number of rotatable bonds is 14. The Kier molecular flexibility index (Phi) is 11.4. The summed E-state index contributed by atoms with van der Waals surface area (Å²) in [4.78, 5) is 0. The molecule has 0 radical (unpaired) electrons. The molecule has 3 nitrogen and oxygen atoms in total. The van der Waals surface area contributed by atoms with Crippen molar-refractivity contribution in [1.29, 1.82) is 0 Å². The van der Waals surface area contributed by atoms with E-state index in [9.17, 15) is 0 Å². The highest BCUT2D eigenvalue weighted by molar-refractivity contribution is 4.87. The van der Waals surface area contributed by atoms with Gasteiger partial charge in [0, 0.05) is 21.3 Å². The van der Waals surface area contributed by atoms with Gasteiger partial charge in [-0.1, -0.05) is 65.7 Å². The minimum Gasteiger partial charge on any atom is -0.330 e. The monoisotopic (exact) mass is 302 g/mol. The highest BCUT2D eigenvalue weighted by Crippen LogP contribution is 2.47. The van der Waals surface area contributed by atoms with E-state index in [4.69, 9.17) is 14.2 Å². The quantitative estimate of drug-likeness (QED) is 0.312. The van der Waals surface area contributed by atoms with Crippen LogP contribution in [0.5, 0.6) is 0 Å². The summed E-state index contributed by atoms with van der Waals surface area (Å²) < 4.78 is 17.1. The van der Waals surface area contributed by atoms with Crippen LogP contribution >= 0.6 is 0 Å². The highest BCUT2D eigenvalue weighted by atomic mass is 16.9. The van der Waals surface area contributed by atoms with E-state index in [1.807, 2.05) is 0 Å². The zero-order valence-electron chi connectivity index (χ0n) is 15.3. The maximum absolute atomic E-state index is 5.70. The van der Waals surface area contributed by atoms with Crippen LogP contribution in [0.15, 0.2) is 0 Å². The van der Waals surface area contributed by atoms with Crippen molar-refractivity contribution >= 4 is 0 Å². The van der Waals surface area contributed by atoms with E-state index in [-0.39, 0.29) is 5.41 Å². The van der Waals surface area contributed by atoms with Crippen LogP contribution in [0.4, 0.5) is 0 Å². The lowest BCUT2D eigenvalue weighted by atomic mass is 9.73. The molecule has 0 heterocycles. The van der Waals surface area contributed by atoms with Gasteiger partial charge in [0.15, 0.2) is 0 Å². The molecule has 0 bridgehead atoms. The zero-order chi connectivity index (χ0) is 16.2. The summed E-state index contributed by atoms with van der Waals surface area (Å²) in [6.07, 6.45) is 12.1. The predicted octanol–water partition coefficient (Wildman–Crippen LogP) is 5.53. The van der Waals surface area contributed by atoms with Crippen LogP contribution < -0.4 is 0 Å². The Morgan fingerprint density at radius 1 is 0.619 bits per heavy atom. The first-order chi connectivity index (χ1) is 10.1. The Bertz CT molecular complexity index is 230. The number of hydrogen-bond acceptors (Lipinski definition) is 3. The minimum absolute atomic E-state index is 0.0647. The van der Waals surface area contributed by atoms with Crippen molar-refractivity contribution in [3.8, 4) is 0 Å². The third kappa shape index (κ3) is 5.54. The van der Waals surface area contributed by atoms with E-state index < -0.39 is 5.97 Å². The summed E-state index contributed by atoms with van der Waals surface area (Å²) in [7, 11) is 5.07. The van der Waals surface area contributed by atoms with Crippen LogP contribution in [-0.4, -0.2) is 27.3 Å². The van der Waals surface area contributed by atoms with E-state index in [1.54, 1.807) is 21.3 Å². The van der Waals surface area contributed by atoms with Crippen molar-refractivity contribution in [2.75, 3.05) is 21.3 Å². The van der Waals surface area contributed by atoms with E-state index >= 15 is 0 Å². The van der Waals surface area contributed by atoms with Crippen LogP contribution in [0.2, 0.25) is 0 Å². The number of ether oxygens (including phenoxy) is 3. The van der Waals surface area contributed by atoms with Crippen LogP contribution in [0.1, 0.15) is 85.0 Å². The third-order valence-corrected chi connectivity index (χ3v) is 4.87. The van der Waals surface area contributed by atoms with Crippen molar-refractivity contribution in [1.82, 2.24) is 0 Å². The molecule has 3 heteroatoms. The second-order valence-corrected chi connectivity index (χ2v) is 6.07. The molecule has 21 heavy (non-hydrogen) atoms. The van der Waals surface area contributed by atoms with Gasteiger partial charge in [0.2, 0.25) is 0 Å². The van der Waals surface area contributed by atoms with Gasteiger partial charge in [-0.2, -0.15) is 0 Å². The van der Waals surface area contributed by atoms with Crippen molar-refractivity contribution < 1.29 is 14.2 Å². The van der Waals surface area contributed by atoms with E-state index in [2.05, 4.69) is 20.8 Å². The molecule has 0 spiro atoms. The molecule has 0 rings (SSSR count). The second-order valence-electron chi connectivity index (χ2n) is 6.07. The Hall–Kier alpha value is -0.120. The summed E-state index contributed by atoms with van der Waals surface area (Å²) >= 11 is 0. The standard InChI is InChI=1S/C18H38O3/c1-7-10-11-12-13-14-16-17(9-3,15-8-2)18(19-4,20-5)21-6/h7-16H2,1-6H3. The van der Waals surface area contributed by atoms with Gasteiger partial charge in [-0.3, -0.25) is 0 Å². The largest absolute Gasteiger partial charge is 0.330 e. The fourth-order valence-corrected chi connectivity index (χ4v) is 3.62. The van der Waals surface area contributed by atoms with E-state index in [0.29, 0.717) is 0 Å². The molecule has 0 fully saturated rings.